The summed E-state index contributed by atoms with van der Waals surface area (Å²) in [6, 6.07) is 7.76. The van der Waals surface area contributed by atoms with Crippen LogP contribution in [-0.4, -0.2) is 54.5 Å². The number of thioether (sulfide) groups is 1. The van der Waals surface area contributed by atoms with E-state index in [9.17, 15) is 18.0 Å². The number of carbonyl (C=O) groups is 1. The Kier molecular flexibility index (Phi) is 7.97. The largest absolute Gasteiger partial charge is 0.440 e. The molecule has 0 atom stereocenters. The third-order valence-corrected chi connectivity index (χ3v) is 4.43. The van der Waals surface area contributed by atoms with Crippen molar-refractivity contribution in [3.8, 4) is 11.5 Å². The van der Waals surface area contributed by atoms with E-state index in [0.29, 0.717) is 16.9 Å². The number of nitrogens with zero attached hydrogens (tertiary/aromatic N) is 3. The SMILES string of the molecule is CCN(CC)c1ccc(-c2nnc(SCCNC(=O)OCC(F)(F)F)o2)cc1. The Morgan fingerprint density at radius 2 is 1.89 bits per heavy atom. The molecule has 0 radical (unpaired) electrons. The Balaban J connectivity index is 1.79. The monoisotopic (exact) mass is 418 g/mol. The Morgan fingerprint density at radius 1 is 1.21 bits per heavy atom. The predicted octanol–water partition coefficient (Wildman–Crippen LogP) is 3.96. The van der Waals surface area contributed by atoms with Gasteiger partial charge in [0.05, 0.1) is 0 Å². The predicted molar refractivity (Wildman–Crippen MR) is 99.4 cm³/mol. The molecule has 28 heavy (non-hydrogen) atoms. The number of amides is 1. The zero-order chi connectivity index (χ0) is 20.6. The van der Waals surface area contributed by atoms with Gasteiger partial charge in [0.15, 0.2) is 6.61 Å². The van der Waals surface area contributed by atoms with Crippen molar-refractivity contribution in [1.29, 1.82) is 0 Å². The van der Waals surface area contributed by atoms with Crippen molar-refractivity contribution >= 4 is 23.5 Å². The molecule has 0 saturated heterocycles. The van der Waals surface area contributed by atoms with Crippen molar-refractivity contribution in [2.24, 2.45) is 0 Å². The van der Waals surface area contributed by atoms with Gasteiger partial charge in [0.25, 0.3) is 5.22 Å². The Bertz CT molecular complexity index is 749. The minimum absolute atomic E-state index is 0.0949. The van der Waals surface area contributed by atoms with Gasteiger partial charge in [-0.25, -0.2) is 4.79 Å². The molecule has 2 aromatic rings. The molecule has 154 valence electrons. The molecular formula is C17H21F3N4O3S. The number of hydrogen-bond acceptors (Lipinski definition) is 7. The molecule has 1 aromatic carbocycles. The van der Waals surface area contributed by atoms with E-state index in [1.165, 1.54) is 11.8 Å². The molecule has 0 fully saturated rings. The lowest BCUT2D eigenvalue weighted by molar-refractivity contribution is -0.160. The van der Waals surface area contributed by atoms with E-state index >= 15 is 0 Å². The lowest BCUT2D eigenvalue weighted by Gasteiger charge is -2.20. The zero-order valence-corrected chi connectivity index (χ0v) is 16.3. The molecule has 7 nitrogen and oxygen atoms in total. The van der Waals surface area contributed by atoms with Gasteiger partial charge in [0.2, 0.25) is 5.89 Å². The first-order valence-electron chi connectivity index (χ1n) is 8.61. The van der Waals surface area contributed by atoms with Gasteiger partial charge in [-0.15, -0.1) is 10.2 Å². The lowest BCUT2D eigenvalue weighted by Crippen LogP contribution is -2.30. The number of alkyl carbamates (subject to hydrolysis) is 1. The van der Waals surface area contributed by atoms with Crippen molar-refractivity contribution < 1.29 is 27.1 Å². The Labute approximate surface area is 164 Å². The maximum atomic E-state index is 11.9. The van der Waals surface area contributed by atoms with Crippen LogP contribution in [0, 0.1) is 0 Å². The summed E-state index contributed by atoms with van der Waals surface area (Å²) in [5.74, 6) is 0.704. The van der Waals surface area contributed by atoms with Crippen molar-refractivity contribution in [1.82, 2.24) is 15.5 Å². The quantitative estimate of drug-likeness (QED) is 0.488. The van der Waals surface area contributed by atoms with Crippen LogP contribution in [0.5, 0.6) is 0 Å². The Morgan fingerprint density at radius 3 is 2.50 bits per heavy atom. The molecule has 0 aliphatic heterocycles. The fourth-order valence-electron chi connectivity index (χ4n) is 2.28. The van der Waals surface area contributed by atoms with Crippen LogP contribution < -0.4 is 10.2 Å². The first-order valence-corrected chi connectivity index (χ1v) is 9.60. The first kappa shape index (κ1) is 21.9. The maximum Gasteiger partial charge on any atom is 0.422 e. The smallest absolute Gasteiger partial charge is 0.422 e. The van der Waals surface area contributed by atoms with Gasteiger partial charge >= 0.3 is 12.3 Å². The Hall–Kier alpha value is -2.43. The topological polar surface area (TPSA) is 80.5 Å². The molecule has 1 amide bonds. The lowest BCUT2D eigenvalue weighted by atomic mass is 10.2. The second-order valence-electron chi connectivity index (χ2n) is 5.56. The van der Waals surface area contributed by atoms with Crippen LogP contribution in [0.2, 0.25) is 0 Å². The average molecular weight is 418 g/mol. The summed E-state index contributed by atoms with van der Waals surface area (Å²) in [5.41, 5.74) is 1.88. The molecule has 2 rings (SSSR count). The average Bonchev–Trinajstić information content (AvgIpc) is 3.13. The summed E-state index contributed by atoms with van der Waals surface area (Å²) in [7, 11) is 0. The minimum atomic E-state index is -4.55. The molecule has 0 aliphatic carbocycles. The molecule has 0 spiro atoms. The third-order valence-electron chi connectivity index (χ3n) is 3.61. The molecular weight excluding hydrogens is 397 g/mol. The summed E-state index contributed by atoms with van der Waals surface area (Å²) >= 11 is 1.18. The van der Waals surface area contributed by atoms with E-state index in [2.05, 4.69) is 39.0 Å². The highest BCUT2D eigenvalue weighted by Gasteiger charge is 2.29. The number of ether oxygens (including phenoxy) is 1. The van der Waals surface area contributed by atoms with Crippen LogP contribution in [0.3, 0.4) is 0 Å². The highest BCUT2D eigenvalue weighted by molar-refractivity contribution is 7.99. The third kappa shape index (κ3) is 6.95. The molecule has 1 heterocycles. The van der Waals surface area contributed by atoms with Gasteiger partial charge in [0, 0.05) is 36.6 Å². The van der Waals surface area contributed by atoms with E-state index in [1.807, 2.05) is 24.3 Å². The summed E-state index contributed by atoms with van der Waals surface area (Å²) in [6.07, 6.45) is -5.67. The van der Waals surface area contributed by atoms with Crippen molar-refractivity contribution in [3.63, 3.8) is 0 Å². The standard InChI is InChI=1S/C17H21F3N4O3S/c1-3-24(4-2)13-7-5-12(6-8-13)14-22-23-16(27-14)28-10-9-21-15(25)26-11-17(18,19)20/h5-8H,3-4,9-11H2,1-2H3,(H,21,25). The highest BCUT2D eigenvalue weighted by Crippen LogP contribution is 2.25. The van der Waals surface area contributed by atoms with E-state index < -0.39 is 18.9 Å². The van der Waals surface area contributed by atoms with Gasteiger partial charge in [-0.2, -0.15) is 13.2 Å². The zero-order valence-electron chi connectivity index (χ0n) is 15.5. The van der Waals surface area contributed by atoms with Crippen LogP contribution in [-0.2, 0) is 4.74 Å². The fourth-order valence-corrected chi connectivity index (χ4v) is 2.89. The van der Waals surface area contributed by atoms with Crippen LogP contribution in [0.4, 0.5) is 23.7 Å². The van der Waals surface area contributed by atoms with Crippen LogP contribution >= 0.6 is 11.8 Å². The maximum absolute atomic E-state index is 11.9. The molecule has 0 unspecified atom stereocenters. The number of carbonyl (C=O) groups excluding carboxylic acids is 1. The van der Waals surface area contributed by atoms with E-state index in [4.69, 9.17) is 4.42 Å². The highest BCUT2D eigenvalue weighted by atomic mass is 32.2. The van der Waals surface area contributed by atoms with Gasteiger partial charge < -0.3 is 19.4 Å². The van der Waals surface area contributed by atoms with Crippen LogP contribution in [0.25, 0.3) is 11.5 Å². The van der Waals surface area contributed by atoms with E-state index in [-0.39, 0.29) is 6.54 Å². The second-order valence-corrected chi connectivity index (χ2v) is 6.60. The number of alkyl halides is 3. The van der Waals surface area contributed by atoms with Crippen molar-refractivity contribution in [2.75, 3.05) is 36.9 Å². The van der Waals surface area contributed by atoms with Crippen LogP contribution in [0.1, 0.15) is 13.8 Å². The van der Waals surface area contributed by atoms with Crippen molar-refractivity contribution in [3.05, 3.63) is 24.3 Å². The molecule has 0 saturated carbocycles. The van der Waals surface area contributed by atoms with Gasteiger partial charge in [-0.3, -0.25) is 0 Å². The second kappa shape index (κ2) is 10.2. The summed E-state index contributed by atoms with van der Waals surface area (Å²) < 4.78 is 45.4. The van der Waals surface area contributed by atoms with E-state index in [1.54, 1.807) is 0 Å². The fraction of sp³-hybridized carbons (Fsp3) is 0.471. The molecule has 1 N–H and O–H groups in total. The summed E-state index contributed by atoms with van der Waals surface area (Å²) in [6.45, 7) is 4.47. The van der Waals surface area contributed by atoms with E-state index in [0.717, 1.165) is 24.3 Å². The molecule has 0 bridgehead atoms. The van der Waals surface area contributed by atoms with Gasteiger partial charge in [-0.05, 0) is 38.1 Å². The minimum Gasteiger partial charge on any atom is -0.440 e. The number of benzene rings is 1. The molecule has 1 aromatic heterocycles. The summed E-state index contributed by atoms with van der Waals surface area (Å²) in [4.78, 5) is 13.3. The summed E-state index contributed by atoms with van der Waals surface area (Å²) in [5, 5.41) is 10.4. The van der Waals surface area contributed by atoms with Crippen LogP contribution in [0.15, 0.2) is 33.9 Å². The van der Waals surface area contributed by atoms with Gasteiger partial charge in [-0.1, -0.05) is 11.8 Å². The number of nitrogens with one attached hydrogen (secondary N) is 1. The number of anilines is 1. The normalized spacial score (nSPS) is 11.3. The van der Waals surface area contributed by atoms with Crippen molar-refractivity contribution in [2.45, 2.75) is 25.2 Å². The molecule has 11 heteroatoms. The first-order chi connectivity index (χ1) is 13.3. The number of hydrogen-bond donors (Lipinski definition) is 1. The molecule has 0 aliphatic rings. The number of aromatic nitrogens is 2. The van der Waals surface area contributed by atoms with Gasteiger partial charge in [0.1, 0.15) is 0 Å². The number of rotatable bonds is 9. The number of halogens is 3.